The molecule has 4 heterocycles. The van der Waals surface area contributed by atoms with Crippen LogP contribution >= 0.6 is 11.8 Å². The highest BCUT2D eigenvalue weighted by molar-refractivity contribution is 7.99. The summed E-state index contributed by atoms with van der Waals surface area (Å²) in [6, 6.07) is 1.63. The summed E-state index contributed by atoms with van der Waals surface area (Å²) in [5.74, 6) is 2.58. The highest BCUT2D eigenvalue weighted by Gasteiger charge is 2.28. The van der Waals surface area contributed by atoms with Gasteiger partial charge in [0.1, 0.15) is 18.0 Å². The van der Waals surface area contributed by atoms with E-state index in [4.69, 9.17) is 0 Å². The SMILES string of the molecule is Cc1nc2n(c(=O)c1C)[C@H](CC(=O)Nc1cc(N3CCC(C)CC3)ncn1)CS2. The minimum atomic E-state index is -0.195. The summed E-state index contributed by atoms with van der Waals surface area (Å²) in [5.41, 5.74) is 1.33. The van der Waals surface area contributed by atoms with Gasteiger partial charge in [0.25, 0.3) is 5.56 Å². The number of anilines is 2. The van der Waals surface area contributed by atoms with E-state index in [1.807, 2.05) is 13.0 Å². The lowest BCUT2D eigenvalue weighted by atomic mass is 9.99. The van der Waals surface area contributed by atoms with E-state index in [9.17, 15) is 9.59 Å². The predicted molar refractivity (Wildman–Crippen MR) is 114 cm³/mol. The van der Waals surface area contributed by atoms with Crippen LogP contribution in [-0.2, 0) is 4.79 Å². The van der Waals surface area contributed by atoms with Gasteiger partial charge >= 0.3 is 0 Å². The van der Waals surface area contributed by atoms with Gasteiger partial charge in [0, 0.05) is 42.6 Å². The smallest absolute Gasteiger partial charge is 0.257 e. The highest BCUT2D eigenvalue weighted by atomic mass is 32.2. The number of nitrogens with one attached hydrogen (secondary N) is 1. The number of carbonyl (C=O) groups excluding carboxylic acids is 1. The molecule has 1 fully saturated rings. The molecular formula is C20H26N6O2S. The Morgan fingerprint density at radius 3 is 2.79 bits per heavy atom. The number of hydrogen-bond acceptors (Lipinski definition) is 7. The maximum atomic E-state index is 12.6. The third kappa shape index (κ3) is 4.14. The zero-order valence-corrected chi connectivity index (χ0v) is 17.8. The number of amides is 1. The second-order valence-corrected chi connectivity index (χ2v) is 8.92. The van der Waals surface area contributed by atoms with Gasteiger partial charge in [0.2, 0.25) is 5.91 Å². The Labute approximate surface area is 174 Å². The van der Waals surface area contributed by atoms with E-state index < -0.39 is 0 Å². The monoisotopic (exact) mass is 414 g/mol. The third-order valence-electron chi connectivity index (χ3n) is 5.77. The summed E-state index contributed by atoms with van der Waals surface area (Å²) in [7, 11) is 0. The molecule has 4 rings (SSSR count). The summed E-state index contributed by atoms with van der Waals surface area (Å²) in [4.78, 5) is 40.6. The van der Waals surface area contributed by atoms with Gasteiger partial charge in [-0.15, -0.1) is 0 Å². The van der Waals surface area contributed by atoms with Gasteiger partial charge in [-0.1, -0.05) is 18.7 Å². The maximum absolute atomic E-state index is 12.6. The van der Waals surface area contributed by atoms with Crippen molar-refractivity contribution >= 4 is 29.3 Å². The topological polar surface area (TPSA) is 93.0 Å². The van der Waals surface area contributed by atoms with Gasteiger partial charge in [-0.3, -0.25) is 14.2 Å². The van der Waals surface area contributed by atoms with Gasteiger partial charge in [-0.05, 0) is 32.6 Å². The lowest BCUT2D eigenvalue weighted by Gasteiger charge is -2.31. The number of rotatable bonds is 4. The molecule has 154 valence electrons. The van der Waals surface area contributed by atoms with Crippen molar-refractivity contribution in [2.75, 3.05) is 29.1 Å². The van der Waals surface area contributed by atoms with Crippen LogP contribution in [0, 0.1) is 19.8 Å². The Kier molecular flexibility index (Phi) is 5.58. The molecule has 1 amide bonds. The van der Waals surface area contributed by atoms with Crippen molar-refractivity contribution in [3.63, 3.8) is 0 Å². The molecule has 2 aromatic heterocycles. The van der Waals surface area contributed by atoms with Crippen molar-refractivity contribution in [3.05, 3.63) is 34.0 Å². The van der Waals surface area contributed by atoms with Crippen molar-refractivity contribution in [2.45, 2.75) is 51.2 Å². The predicted octanol–water partition coefficient (Wildman–Crippen LogP) is 2.56. The number of piperidine rings is 1. The second-order valence-electron chi connectivity index (χ2n) is 7.93. The number of aryl methyl sites for hydroxylation is 1. The molecule has 1 N–H and O–H groups in total. The van der Waals surface area contributed by atoms with Crippen LogP contribution in [0.15, 0.2) is 22.3 Å². The molecule has 0 aromatic carbocycles. The number of hydrogen-bond donors (Lipinski definition) is 1. The van der Waals surface area contributed by atoms with Gasteiger partial charge in [0.05, 0.1) is 6.04 Å². The van der Waals surface area contributed by atoms with Gasteiger partial charge in [-0.2, -0.15) is 0 Å². The summed E-state index contributed by atoms with van der Waals surface area (Å²) in [6.45, 7) is 7.83. The van der Waals surface area contributed by atoms with E-state index in [1.165, 1.54) is 18.1 Å². The highest BCUT2D eigenvalue weighted by Crippen LogP contribution is 2.32. The molecule has 2 aliphatic rings. The number of thioether (sulfide) groups is 1. The average molecular weight is 415 g/mol. The zero-order valence-electron chi connectivity index (χ0n) is 17.0. The number of carbonyl (C=O) groups is 1. The first-order valence-corrected chi connectivity index (χ1v) is 11.0. The molecule has 0 aliphatic carbocycles. The van der Waals surface area contributed by atoms with Gasteiger partial charge in [0.15, 0.2) is 5.16 Å². The van der Waals surface area contributed by atoms with Crippen LogP contribution in [0.25, 0.3) is 0 Å². The van der Waals surface area contributed by atoms with Crippen molar-refractivity contribution in [3.8, 4) is 0 Å². The fraction of sp³-hybridized carbons (Fsp3) is 0.550. The van der Waals surface area contributed by atoms with Crippen molar-refractivity contribution < 1.29 is 4.79 Å². The fourth-order valence-corrected chi connectivity index (χ4v) is 4.94. The molecular weight excluding hydrogens is 388 g/mol. The molecule has 0 radical (unpaired) electrons. The molecule has 9 heteroatoms. The Balaban J connectivity index is 1.44. The van der Waals surface area contributed by atoms with Gasteiger partial charge < -0.3 is 10.2 Å². The lowest BCUT2D eigenvalue weighted by Crippen LogP contribution is -2.33. The Bertz CT molecular complexity index is 983. The van der Waals surface area contributed by atoms with E-state index in [-0.39, 0.29) is 23.9 Å². The quantitative estimate of drug-likeness (QED) is 0.769. The molecule has 8 nitrogen and oxygen atoms in total. The second kappa shape index (κ2) is 8.14. The summed E-state index contributed by atoms with van der Waals surface area (Å²) in [5, 5.41) is 3.57. The molecule has 0 unspecified atom stereocenters. The Morgan fingerprint density at radius 2 is 2.03 bits per heavy atom. The number of fused-ring (bicyclic) bond motifs is 1. The molecule has 29 heavy (non-hydrogen) atoms. The van der Waals surface area contributed by atoms with E-state index in [0.29, 0.717) is 22.3 Å². The van der Waals surface area contributed by atoms with Crippen molar-refractivity contribution in [2.24, 2.45) is 5.92 Å². The summed E-state index contributed by atoms with van der Waals surface area (Å²) in [6.07, 6.45) is 3.99. The Hall–Kier alpha value is -2.42. The molecule has 1 saturated heterocycles. The third-order valence-corrected chi connectivity index (χ3v) is 6.87. The van der Waals surface area contributed by atoms with Crippen LogP contribution in [0.4, 0.5) is 11.6 Å². The first-order valence-electron chi connectivity index (χ1n) is 10.0. The minimum Gasteiger partial charge on any atom is -0.356 e. The van der Waals surface area contributed by atoms with Crippen LogP contribution < -0.4 is 15.8 Å². The standard InChI is InChI=1S/C20H26N6O2S/c1-12-4-6-25(7-5-12)17-9-16(21-11-22-17)24-18(27)8-15-10-29-20-23-14(3)13(2)19(28)26(15)20/h9,11-12,15H,4-8,10H2,1-3H3,(H,21,22,24,27)/t15-/m1/s1. The van der Waals surface area contributed by atoms with Crippen molar-refractivity contribution in [1.82, 2.24) is 19.5 Å². The maximum Gasteiger partial charge on any atom is 0.257 e. The minimum absolute atomic E-state index is 0.0565. The zero-order chi connectivity index (χ0) is 20.5. The van der Waals surface area contributed by atoms with Crippen LogP contribution in [0.3, 0.4) is 0 Å². The largest absolute Gasteiger partial charge is 0.356 e. The first-order chi connectivity index (χ1) is 13.9. The van der Waals surface area contributed by atoms with E-state index in [2.05, 4.69) is 32.1 Å². The number of nitrogens with zero attached hydrogens (tertiary/aromatic N) is 5. The summed E-state index contributed by atoms with van der Waals surface area (Å²) < 4.78 is 1.66. The molecule has 0 saturated carbocycles. The molecule has 2 aromatic rings. The van der Waals surface area contributed by atoms with Crippen LogP contribution in [0.1, 0.15) is 43.5 Å². The molecule has 2 aliphatic heterocycles. The first kappa shape index (κ1) is 19.9. The Morgan fingerprint density at radius 1 is 1.28 bits per heavy atom. The van der Waals surface area contributed by atoms with Crippen LogP contribution in [0.5, 0.6) is 0 Å². The summed E-state index contributed by atoms with van der Waals surface area (Å²) >= 11 is 1.52. The van der Waals surface area contributed by atoms with E-state index >= 15 is 0 Å². The van der Waals surface area contributed by atoms with Crippen LogP contribution in [-0.4, -0.2) is 44.3 Å². The lowest BCUT2D eigenvalue weighted by molar-refractivity contribution is -0.116. The molecule has 0 bridgehead atoms. The fourth-order valence-electron chi connectivity index (χ4n) is 3.76. The van der Waals surface area contributed by atoms with E-state index in [0.717, 1.165) is 43.4 Å². The van der Waals surface area contributed by atoms with Gasteiger partial charge in [-0.25, -0.2) is 15.0 Å². The van der Waals surface area contributed by atoms with E-state index in [1.54, 1.807) is 11.5 Å². The average Bonchev–Trinajstić information content (AvgIpc) is 3.09. The van der Waals surface area contributed by atoms with Crippen molar-refractivity contribution in [1.29, 1.82) is 0 Å². The molecule has 0 spiro atoms. The number of aromatic nitrogens is 4. The normalized spacial score (nSPS) is 19.3. The van der Waals surface area contributed by atoms with Crippen LogP contribution in [0.2, 0.25) is 0 Å². The molecule has 1 atom stereocenters.